The lowest BCUT2D eigenvalue weighted by atomic mass is 10.2. The van der Waals surface area contributed by atoms with E-state index in [1.165, 1.54) is 24.9 Å². The molecule has 1 aliphatic heterocycles. The Morgan fingerprint density at radius 2 is 2.22 bits per heavy atom. The number of halogens is 1. The molecule has 7 nitrogen and oxygen atoms in total. The van der Waals surface area contributed by atoms with Gasteiger partial charge in [0.2, 0.25) is 5.91 Å². The highest BCUT2D eigenvalue weighted by Gasteiger charge is 2.38. The van der Waals surface area contributed by atoms with E-state index in [0.29, 0.717) is 0 Å². The predicted molar refractivity (Wildman–Crippen MR) is 64.6 cm³/mol. The van der Waals surface area contributed by atoms with Gasteiger partial charge >= 0.3 is 0 Å². The zero-order valence-electron chi connectivity index (χ0n) is 9.92. The fraction of sp³-hybridized carbons (Fsp3) is 0.556. The topological polar surface area (TPSA) is 84.3 Å². The first-order valence-electron chi connectivity index (χ1n) is 5.32. The van der Waals surface area contributed by atoms with Gasteiger partial charge in [0.1, 0.15) is 6.04 Å². The molecule has 1 amide bonds. The van der Waals surface area contributed by atoms with Crippen molar-refractivity contribution in [2.24, 2.45) is 7.05 Å². The molecule has 100 valence electrons. The SMILES string of the molecule is C[C@H]1C(=O)NCCN1S(=O)(=O)c1c(Cl)cnn1C. The number of carbonyl (C=O) groups excluding carboxylic acids is 1. The van der Waals surface area contributed by atoms with Crippen LogP contribution in [0.25, 0.3) is 0 Å². The molecule has 1 fully saturated rings. The van der Waals surface area contributed by atoms with Gasteiger partial charge in [-0.2, -0.15) is 9.40 Å². The summed E-state index contributed by atoms with van der Waals surface area (Å²) in [6, 6.07) is -0.755. The summed E-state index contributed by atoms with van der Waals surface area (Å²) in [5, 5.41) is 6.37. The van der Waals surface area contributed by atoms with Gasteiger partial charge in [-0.25, -0.2) is 8.42 Å². The largest absolute Gasteiger partial charge is 0.353 e. The number of nitrogens with zero attached hydrogens (tertiary/aromatic N) is 3. The second-order valence-electron chi connectivity index (χ2n) is 4.00. The molecule has 0 unspecified atom stereocenters. The fourth-order valence-electron chi connectivity index (χ4n) is 1.89. The Morgan fingerprint density at radius 1 is 1.56 bits per heavy atom. The van der Waals surface area contributed by atoms with Crippen molar-refractivity contribution in [2.75, 3.05) is 13.1 Å². The first-order chi connectivity index (χ1) is 8.35. The summed E-state index contributed by atoms with van der Waals surface area (Å²) >= 11 is 5.84. The van der Waals surface area contributed by atoms with Crippen LogP contribution in [0.2, 0.25) is 5.02 Å². The molecule has 1 N–H and O–H groups in total. The van der Waals surface area contributed by atoms with E-state index < -0.39 is 16.1 Å². The molecule has 1 saturated heterocycles. The van der Waals surface area contributed by atoms with Crippen LogP contribution in [0.1, 0.15) is 6.92 Å². The van der Waals surface area contributed by atoms with Crippen molar-refractivity contribution >= 4 is 27.5 Å². The highest BCUT2D eigenvalue weighted by molar-refractivity contribution is 7.89. The molecule has 2 heterocycles. The zero-order valence-corrected chi connectivity index (χ0v) is 11.5. The molecular formula is C9H13ClN4O3S. The minimum Gasteiger partial charge on any atom is -0.353 e. The Hall–Kier alpha value is -1.12. The van der Waals surface area contributed by atoms with E-state index in [-0.39, 0.29) is 29.0 Å². The number of piperazine rings is 1. The molecule has 18 heavy (non-hydrogen) atoms. The van der Waals surface area contributed by atoms with Crippen LogP contribution in [0.4, 0.5) is 0 Å². The first kappa shape index (κ1) is 13.3. The second kappa shape index (κ2) is 4.52. The van der Waals surface area contributed by atoms with Gasteiger partial charge in [-0.15, -0.1) is 0 Å². The average Bonchev–Trinajstić information content (AvgIpc) is 2.62. The number of sulfonamides is 1. The summed E-state index contributed by atoms with van der Waals surface area (Å²) < 4.78 is 27.2. The van der Waals surface area contributed by atoms with Crippen molar-refractivity contribution in [1.29, 1.82) is 0 Å². The lowest BCUT2D eigenvalue weighted by Crippen LogP contribution is -2.55. The summed E-state index contributed by atoms with van der Waals surface area (Å²) in [5.41, 5.74) is 0. The monoisotopic (exact) mass is 292 g/mol. The third-order valence-corrected chi connectivity index (χ3v) is 5.32. The van der Waals surface area contributed by atoms with Crippen LogP contribution in [-0.4, -0.2) is 47.5 Å². The van der Waals surface area contributed by atoms with E-state index in [2.05, 4.69) is 10.4 Å². The molecule has 0 radical (unpaired) electrons. The molecule has 0 aliphatic carbocycles. The van der Waals surface area contributed by atoms with Crippen molar-refractivity contribution < 1.29 is 13.2 Å². The van der Waals surface area contributed by atoms with E-state index in [1.807, 2.05) is 0 Å². The van der Waals surface area contributed by atoms with E-state index >= 15 is 0 Å². The molecule has 1 aromatic heterocycles. The number of rotatable bonds is 2. The maximum Gasteiger partial charge on any atom is 0.262 e. The van der Waals surface area contributed by atoms with Gasteiger partial charge in [-0.1, -0.05) is 11.6 Å². The van der Waals surface area contributed by atoms with Gasteiger partial charge in [-0.05, 0) is 6.92 Å². The van der Waals surface area contributed by atoms with Gasteiger partial charge in [0, 0.05) is 20.1 Å². The van der Waals surface area contributed by atoms with Crippen molar-refractivity contribution in [3.63, 3.8) is 0 Å². The van der Waals surface area contributed by atoms with Gasteiger partial charge in [0.15, 0.2) is 5.03 Å². The maximum atomic E-state index is 12.4. The number of hydrogen-bond donors (Lipinski definition) is 1. The Morgan fingerprint density at radius 3 is 2.78 bits per heavy atom. The number of aromatic nitrogens is 2. The maximum absolute atomic E-state index is 12.4. The van der Waals surface area contributed by atoms with Gasteiger partial charge < -0.3 is 5.32 Å². The highest BCUT2D eigenvalue weighted by atomic mass is 35.5. The minimum absolute atomic E-state index is 0.0516. The third kappa shape index (κ3) is 2.00. The van der Waals surface area contributed by atoms with E-state index in [0.717, 1.165) is 4.31 Å². The molecule has 1 atom stereocenters. The van der Waals surface area contributed by atoms with E-state index in [4.69, 9.17) is 11.6 Å². The smallest absolute Gasteiger partial charge is 0.262 e. The van der Waals surface area contributed by atoms with Crippen LogP contribution in [0.15, 0.2) is 11.2 Å². The van der Waals surface area contributed by atoms with Gasteiger partial charge in [0.05, 0.1) is 11.2 Å². The van der Waals surface area contributed by atoms with E-state index in [9.17, 15) is 13.2 Å². The number of nitrogens with one attached hydrogen (secondary N) is 1. The van der Waals surface area contributed by atoms with Crippen LogP contribution >= 0.6 is 11.6 Å². The second-order valence-corrected chi connectivity index (χ2v) is 6.22. The fourth-order valence-corrected chi connectivity index (χ4v) is 4.09. The zero-order chi connectivity index (χ0) is 13.5. The molecule has 9 heteroatoms. The van der Waals surface area contributed by atoms with Crippen molar-refractivity contribution in [3.05, 3.63) is 11.2 Å². The molecule has 0 saturated carbocycles. The summed E-state index contributed by atoms with van der Waals surface area (Å²) in [6.07, 6.45) is 1.27. The molecule has 0 bridgehead atoms. The normalized spacial score (nSPS) is 21.9. The van der Waals surface area contributed by atoms with Crippen molar-refractivity contribution in [3.8, 4) is 0 Å². The molecule has 1 aliphatic rings. The van der Waals surface area contributed by atoms with Crippen LogP contribution in [-0.2, 0) is 21.9 Å². The minimum atomic E-state index is -3.82. The number of carbonyl (C=O) groups is 1. The van der Waals surface area contributed by atoms with Gasteiger partial charge in [0.25, 0.3) is 10.0 Å². The Labute approximate surface area is 110 Å². The quantitative estimate of drug-likeness (QED) is 0.802. The van der Waals surface area contributed by atoms with Gasteiger partial charge in [-0.3, -0.25) is 9.48 Å². The Kier molecular flexibility index (Phi) is 3.35. The Bertz CT molecular complexity index is 563. The van der Waals surface area contributed by atoms with Crippen molar-refractivity contribution in [1.82, 2.24) is 19.4 Å². The Balaban J connectivity index is 2.46. The molecule has 0 spiro atoms. The molecule has 2 rings (SSSR count). The number of hydrogen-bond acceptors (Lipinski definition) is 4. The lowest BCUT2D eigenvalue weighted by Gasteiger charge is -2.31. The van der Waals surface area contributed by atoms with Crippen LogP contribution in [0.5, 0.6) is 0 Å². The molecular weight excluding hydrogens is 280 g/mol. The summed E-state index contributed by atoms with van der Waals surface area (Å²) in [7, 11) is -2.33. The van der Waals surface area contributed by atoms with Crippen LogP contribution < -0.4 is 5.32 Å². The summed E-state index contributed by atoms with van der Waals surface area (Å²) in [6.45, 7) is 2.05. The van der Waals surface area contributed by atoms with Crippen LogP contribution in [0.3, 0.4) is 0 Å². The lowest BCUT2D eigenvalue weighted by molar-refractivity contribution is -0.126. The van der Waals surface area contributed by atoms with E-state index in [1.54, 1.807) is 0 Å². The molecule has 1 aromatic rings. The first-order valence-corrected chi connectivity index (χ1v) is 7.14. The molecule has 0 aromatic carbocycles. The highest BCUT2D eigenvalue weighted by Crippen LogP contribution is 2.25. The third-order valence-electron chi connectivity index (χ3n) is 2.84. The number of amides is 1. The summed E-state index contributed by atoms with van der Waals surface area (Å²) in [4.78, 5) is 11.5. The number of aryl methyl sites for hydroxylation is 1. The predicted octanol–water partition coefficient (Wildman–Crippen LogP) is -0.418. The standard InChI is InChI=1S/C9H13ClN4O3S/c1-6-8(15)11-3-4-14(6)18(16,17)9-7(10)5-12-13(9)2/h5-6H,3-4H2,1-2H3,(H,11,15)/t6-/m0/s1. The summed E-state index contributed by atoms with van der Waals surface area (Å²) in [5.74, 6) is -0.317. The van der Waals surface area contributed by atoms with Crippen LogP contribution in [0, 0.1) is 0 Å². The average molecular weight is 293 g/mol. The van der Waals surface area contributed by atoms with Crippen molar-refractivity contribution in [2.45, 2.75) is 18.0 Å².